The molecule has 2 heterocycles. The Morgan fingerprint density at radius 1 is 0.968 bits per heavy atom. The molecule has 0 fully saturated rings. The summed E-state index contributed by atoms with van der Waals surface area (Å²) in [5.74, 6) is 0.817. The Balaban J connectivity index is 1.31. The van der Waals surface area contributed by atoms with Gasteiger partial charge in [0, 0.05) is 5.56 Å². The topological polar surface area (TPSA) is 100 Å². The van der Waals surface area contributed by atoms with Gasteiger partial charge in [-0.25, -0.2) is 9.18 Å². The average molecular weight is 423 g/mol. The molecule has 0 spiro atoms. The molecule has 0 aliphatic carbocycles. The van der Waals surface area contributed by atoms with E-state index in [-0.39, 0.29) is 24.1 Å². The average Bonchev–Trinajstić information content (AvgIpc) is 3.38. The van der Waals surface area contributed by atoms with Crippen LogP contribution in [0.15, 0.2) is 57.6 Å². The summed E-state index contributed by atoms with van der Waals surface area (Å²) in [4.78, 5) is 16.4. The van der Waals surface area contributed by atoms with E-state index >= 15 is 0 Å². The molecule has 2 aromatic carbocycles. The number of aromatic nitrogens is 3. The van der Waals surface area contributed by atoms with Gasteiger partial charge in [0.25, 0.3) is 5.89 Å². The van der Waals surface area contributed by atoms with E-state index in [1.165, 1.54) is 24.3 Å². The van der Waals surface area contributed by atoms with Crippen LogP contribution in [0.2, 0.25) is 0 Å². The lowest BCUT2D eigenvalue weighted by Crippen LogP contribution is -2.05. The first-order valence-corrected chi connectivity index (χ1v) is 9.40. The van der Waals surface area contributed by atoms with Gasteiger partial charge in [0.05, 0.1) is 16.8 Å². The second-order valence-corrected chi connectivity index (χ2v) is 6.71. The second-order valence-electron chi connectivity index (χ2n) is 6.71. The largest absolute Gasteiger partial charge is 0.489 e. The number of rotatable bonds is 7. The number of nitrogens with zero attached hydrogens (tertiary/aromatic N) is 3. The maximum absolute atomic E-state index is 13.0. The van der Waals surface area contributed by atoms with Crippen molar-refractivity contribution < 1.29 is 27.7 Å². The minimum atomic E-state index is -0.543. The predicted molar refractivity (Wildman–Crippen MR) is 106 cm³/mol. The molecular weight excluding hydrogens is 405 g/mol. The lowest BCUT2D eigenvalue weighted by molar-refractivity contribution is 0.0430. The minimum absolute atomic E-state index is 0.132. The van der Waals surface area contributed by atoms with Gasteiger partial charge in [-0.3, -0.25) is 0 Å². The van der Waals surface area contributed by atoms with Crippen molar-refractivity contribution in [2.45, 2.75) is 27.1 Å². The van der Waals surface area contributed by atoms with Gasteiger partial charge in [-0.15, -0.1) is 0 Å². The summed E-state index contributed by atoms with van der Waals surface area (Å²) in [6.07, 6.45) is 0. The maximum atomic E-state index is 13.0. The van der Waals surface area contributed by atoms with Gasteiger partial charge < -0.3 is 18.5 Å². The molecule has 0 atom stereocenters. The molecule has 2 aromatic heterocycles. The third-order valence-electron chi connectivity index (χ3n) is 4.55. The monoisotopic (exact) mass is 423 g/mol. The van der Waals surface area contributed by atoms with Crippen LogP contribution in [0.5, 0.6) is 5.75 Å². The first-order valence-electron chi connectivity index (χ1n) is 9.40. The highest BCUT2D eigenvalue weighted by Gasteiger charge is 2.14. The molecule has 4 aromatic rings. The first kappa shape index (κ1) is 20.3. The summed E-state index contributed by atoms with van der Waals surface area (Å²) in [6, 6.07) is 12.2. The molecule has 4 rings (SSSR count). The molecule has 0 aliphatic heterocycles. The fourth-order valence-electron chi connectivity index (χ4n) is 2.79. The van der Waals surface area contributed by atoms with Crippen LogP contribution < -0.4 is 4.74 Å². The van der Waals surface area contributed by atoms with Crippen LogP contribution >= 0.6 is 0 Å². The third-order valence-corrected chi connectivity index (χ3v) is 4.55. The van der Waals surface area contributed by atoms with E-state index in [0.717, 1.165) is 11.3 Å². The Kier molecular flexibility index (Phi) is 5.74. The number of esters is 1. The number of benzene rings is 2. The van der Waals surface area contributed by atoms with Gasteiger partial charge >= 0.3 is 5.97 Å². The van der Waals surface area contributed by atoms with E-state index in [9.17, 15) is 9.18 Å². The second kappa shape index (κ2) is 8.78. The zero-order valence-electron chi connectivity index (χ0n) is 16.8. The van der Waals surface area contributed by atoms with Gasteiger partial charge in [0.15, 0.2) is 6.61 Å². The Bertz CT molecular complexity index is 1160. The van der Waals surface area contributed by atoms with Gasteiger partial charge in [-0.1, -0.05) is 10.3 Å². The van der Waals surface area contributed by atoms with Crippen LogP contribution in [0.3, 0.4) is 0 Å². The molecule has 0 amide bonds. The molecule has 0 aliphatic rings. The van der Waals surface area contributed by atoms with E-state index in [0.29, 0.717) is 29.2 Å². The van der Waals surface area contributed by atoms with E-state index in [1.54, 1.807) is 24.3 Å². The van der Waals surface area contributed by atoms with Crippen molar-refractivity contribution in [2.24, 2.45) is 0 Å². The Morgan fingerprint density at radius 2 is 1.71 bits per heavy atom. The van der Waals surface area contributed by atoms with Crippen LogP contribution in [0, 0.1) is 19.7 Å². The van der Waals surface area contributed by atoms with Crippen molar-refractivity contribution in [3.05, 3.63) is 82.8 Å². The summed E-state index contributed by atoms with van der Waals surface area (Å²) in [5, 5.41) is 7.69. The number of aryl methyl sites for hydroxylation is 2. The van der Waals surface area contributed by atoms with Crippen LogP contribution in [-0.4, -0.2) is 21.3 Å². The van der Waals surface area contributed by atoms with Crippen LogP contribution in [0.1, 0.15) is 33.3 Å². The van der Waals surface area contributed by atoms with E-state index < -0.39 is 5.97 Å². The molecule has 8 nitrogen and oxygen atoms in total. The Labute approximate surface area is 176 Å². The van der Waals surface area contributed by atoms with Gasteiger partial charge in [0.1, 0.15) is 23.9 Å². The van der Waals surface area contributed by atoms with Gasteiger partial charge in [-0.05, 0) is 62.4 Å². The first-order chi connectivity index (χ1) is 15.0. The molecule has 0 bridgehead atoms. The van der Waals surface area contributed by atoms with Crippen molar-refractivity contribution in [3.8, 4) is 17.1 Å². The van der Waals surface area contributed by atoms with Crippen molar-refractivity contribution in [1.82, 2.24) is 15.3 Å². The van der Waals surface area contributed by atoms with Crippen molar-refractivity contribution in [1.29, 1.82) is 0 Å². The zero-order valence-corrected chi connectivity index (χ0v) is 16.8. The number of hydrogen-bond acceptors (Lipinski definition) is 8. The van der Waals surface area contributed by atoms with Crippen LogP contribution in [0.4, 0.5) is 4.39 Å². The molecule has 31 heavy (non-hydrogen) atoms. The molecule has 158 valence electrons. The molecule has 0 unspecified atom stereocenters. The summed E-state index contributed by atoms with van der Waals surface area (Å²) in [5.41, 5.74) is 2.61. The standard InChI is InChI=1S/C22H18FN3O5/c1-13-19(14(2)30-25-13)11-28-18-9-5-16(6-10-18)22(27)29-12-20-24-21(26-31-20)15-3-7-17(23)8-4-15/h3-10H,11-12H2,1-2H3. The summed E-state index contributed by atoms with van der Waals surface area (Å²) < 4.78 is 34.1. The molecular formula is C22H18FN3O5. The van der Waals surface area contributed by atoms with E-state index in [1.807, 2.05) is 13.8 Å². The molecule has 0 N–H and O–H groups in total. The normalized spacial score (nSPS) is 10.8. The van der Waals surface area contributed by atoms with E-state index in [4.69, 9.17) is 18.5 Å². The minimum Gasteiger partial charge on any atom is -0.489 e. The van der Waals surface area contributed by atoms with E-state index in [2.05, 4.69) is 15.3 Å². The third kappa shape index (κ3) is 4.77. The number of carbonyl (C=O) groups is 1. The Morgan fingerprint density at radius 3 is 2.39 bits per heavy atom. The molecule has 9 heteroatoms. The maximum Gasteiger partial charge on any atom is 0.338 e. The van der Waals surface area contributed by atoms with Crippen LogP contribution in [0.25, 0.3) is 11.4 Å². The predicted octanol–water partition coefficient (Wildman–Crippen LogP) is 4.42. The number of carbonyl (C=O) groups excluding carboxylic acids is 1. The van der Waals surface area contributed by atoms with Crippen LogP contribution in [-0.2, 0) is 18.0 Å². The summed E-state index contributed by atoms with van der Waals surface area (Å²) in [6.45, 7) is 3.81. The lowest BCUT2D eigenvalue weighted by atomic mass is 10.2. The zero-order chi connectivity index (χ0) is 21.8. The van der Waals surface area contributed by atoms with Crippen molar-refractivity contribution >= 4 is 5.97 Å². The highest BCUT2D eigenvalue weighted by atomic mass is 19.1. The fraction of sp³-hybridized carbons (Fsp3) is 0.182. The molecule has 0 saturated carbocycles. The highest BCUT2D eigenvalue weighted by Crippen LogP contribution is 2.19. The van der Waals surface area contributed by atoms with Gasteiger partial charge in [-0.2, -0.15) is 4.98 Å². The Hall–Kier alpha value is -4.01. The highest BCUT2D eigenvalue weighted by molar-refractivity contribution is 5.89. The molecule has 0 saturated heterocycles. The summed E-state index contributed by atoms with van der Waals surface area (Å²) >= 11 is 0. The molecule has 0 radical (unpaired) electrons. The fourth-order valence-corrected chi connectivity index (χ4v) is 2.79. The van der Waals surface area contributed by atoms with Crippen molar-refractivity contribution in [3.63, 3.8) is 0 Å². The van der Waals surface area contributed by atoms with Crippen molar-refractivity contribution in [2.75, 3.05) is 0 Å². The number of hydrogen-bond donors (Lipinski definition) is 0. The lowest BCUT2D eigenvalue weighted by Gasteiger charge is -2.07. The quantitative estimate of drug-likeness (QED) is 0.403. The SMILES string of the molecule is Cc1noc(C)c1COc1ccc(C(=O)OCc2nc(-c3ccc(F)cc3)no2)cc1. The smallest absolute Gasteiger partial charge is 0.338 e. The number of halogens is 1. The summed E-state index contributed by atoms with van der Waals surface area (Å²) in [7, 11) is 0. The van der Waals surface area contributed by atoms with Gasteiger partial charge in [0.2, 0.25) is 5.82 Å². The number of ether oxygens (including phenoxy) is 2.